The highest BCUT2D eigenvalue weighted by atomic mass is 16.4. The molecule has 136 valence electrons. The summed E-state index contributed by atoms with van der Waals surface area (Å²) in [7, 11) is 0. The lowest BCUT2D eigenvalue weighted by Crippen LogP contribution is -2.48. The topological polar surface area (TPSA) is 99.4 Å². The van der Waals surface area contributed by atoms with Crippen molar-refractivity contribution in [1.82, 2.24) is 14.9 Å². The molecule has 0 radical (unpaired) electrons. The van der Waals surface area contributed by atoms with E-state index >= 15 is 0 Å². The van der Waals surface area contributed by atoms with E-state index in [0.29, 0.717) is 43.4 Å². The summed E-state index contributed by atoms with van der Waals surface area (Å²) in [6, 6.07) is 9.14. The Bertz CT molecular complexity index is 978. The molecule has 1 aliphatic heterocycles. The van der Waals surface area contributed by atoms with Crippen LogP contribution < -0.4 is 4.90 Å². The SMILES string of the molecule is Cc1ccc(C(=O)N2CCN(c3oc(-c4ccco4)nc3C#N)CC2)cn1. The van der Waals surface area contributed by atoms with E-state index in [9.17, 15) is 10.1 Å². The lowest BCUT2D eigenvalue weighted by atomic mass is 10.2. The summed E-state index contributed by atoms with van der Waals surface area (Å²) in [5, 5.41) is 9.37. The molecule has 1 fully saturated rings. The molecule has 8 nitrogen and oxygen atoms in total. The average Bonchev–Trinajstić information content (AvgIpc) is 3.37. The number of carbonyl (C=O) groups excluding carboxylic acids is 1. The van der Waals surface area contributed by atoms with Crippen LogP contribution in [0.2, 0.25) is 0 Å². The molecule has 4 rings (SSSR count). The number of nitriles is 1. The second kappa shape index (κ2) is 6.96. The van der Waals surface area contributed by atoms with Crippen LogP contribution in [0.3, 0.4) is 0 Å². The quantitative estimate of drug-likeness (QED) is 0.705. The first kappa shape index (κ1) is 16.8. The summed E-state index contributed by atoms with van der Waals surface area (Å²) >= 11 is 0. The number of hydrogen-bond donors (Lipinski definition) is 0. The third-order valence-electron chi connectivity index (χ3n) is 4.46. The summed E-state index contributed by atoms with van der Waals surface area (Å²) < 4.78 is 11.1. The number of amides is 1. The molecule has 3 aromatic heterocycles. The van der Waals surface area contributed by atoms with Crippen molar-refractivity contribution in [3.63, 3.8) is 0 Å². The van der Waals surface area contributed by atoms with Crippen molar-refractivity contribution < 1.29 is 13.6 Å². The maximum atomic E-state index is 12.6. The van der Waals surface area contributed by atoms with Crippen LogP contribution in [0, 0.1) is 18.3 Å². The zero-order valence-electron chi connectivity index (χ0n) is 14.8. The zero-order valence-corrected chi connectivity index (χ0v) is 14.8. The lowest BCUT2D eigenvalue weighted by molar-refractivity contribution is 0.0745. The van der Waals surface area contributed by atoms with Crippen molar-refractivity contribution >= 4 is 11.8 Å². The molecule has 3 aromatic rings. The van der Waals surface area contributed by atoms with Gasteiger partial charge in [0, 0.05) is 38.1 Å². The van der Waals surface area contributed by atoms with Gasteiger partial charge in [-0.05, 0) is 31.2 Å². The summed E-state index contributed by atoms with van der Waals surface area (Å²) in [5.41, 5.74) is 1.66. The van der Waals surface area contributed by atoms with Gasteiger partial charge in [0.1, 0.15) is 6.07 Å². The molecular weight excluding hydrogens is 346 g/mol. The van der Waals surface area contributed by atoms with Crippen molar-refractivity contribution in [2.45, 2.75) is 6.92 Å². The Hall–Kier alpha value is -3.60. The highest BCUT2D eigenvalue weighted by Gasteiger charge is 2.27. The normalized spacial score (nSPS) is 14.2. The fourth-order valence-corrected chi connectivity index (χ4v) is 2.99. The molecule has 27 heavy (non-hydrogen) atoms. The van der Waals surface area contributed by atoms with Gasteiger partial charge in [0.05, 0.1) is 11.8 Å². The van der Waals surface area contributed by atoms with Crippen molar-refractivity contribution in [1.29, 1.82) is 5.26 Å². The van der Waals surface area contributed by atoms with Crippen molar-refractivity contribution in [3.05, 3.63) is 53.7 Å². The molecule has 0 atom stereocenters. The van der Waals surface area contributed by atoms with E-state index in [-0.39, 0.29) is 17.5 Å². The minimum absolute atomic E-state index is 0.0449. The molecular formula is C19H17N5O3. The highest BCUT2D eigenvalue weighted by Crippen LogP contribution is 2.29. The van der Waals surface area contributed by atoms with Crippen molar-refractivity contribution in [2.75, 3.05) is 31.1 Å². The molecule has 8 heteroatoms. The van der Waals surface area contributed by atoms with E-state index in [1.54, 1.807) is 29.3 Å². The Morgan fingerprint density at radius 1 is 1.22 bits per heavy atom. The maximum absolute atomic E-state index is 12.6. The fraction of sp³-hybridized carbons (Fsp3) is 0.263. The van der Waals surface area contributed by atoms with Crippen molar-refractivity contribution in [3.8, 4) is 17.7 Å². The molecule has 0 unspecified atom stereocenters. The highest BCUT2D eigenvalue weighted by molar-refractivity contribution is 5.94. The average molecular weight is 363 g/mol. The summed E-state index contributed by atoms with van der Waals surface area (Å²) in [5.74, 6) is 1.11. The maximum Gasteiger partial charge on any atom is 0.266 e. The number of nitrogens with zero attached hydrogens (tertiary/aromatic N) is 5. The molecule has 1 amide bonds. The van der Waals surface area contributed by atoms with Gasteiger partial charge in [-0.2, -0.15) is 10.2 Å². The molecule has 0 saturated carbocycles. The smallest absolute Gasteiger partial charge is 0.266 e. The molecule has 1 saturated heterocycles. The molecule has 0 N–H and O–H groups in total. The number of aryl methyl sites for hydroxylation is 1. The molecule has 1 aliphatic rings. The van der Waals surface area contributed by atoms with Crippen LogP contribution in [0.4, 0.5) is 5.88 Å². The third-order valence-corrected chi connectivity index (χ3v) is 4.46. The van der Waals surface area contributed by atoms with Gasteiger partial charge in [0.2, 0.25) is 11.6 Å². The number of oxazole rings is 1. The van der Waals surface area contributed by atoms with E-state index < -0.39 is 0 Å². The Balaban J connectivity index is 1.47. The first-order chi connectivity index (χ1) is 13.2. The largest absolute Gasteiger partial charge is 0.459 e. The Morgan fingerprint density at radius 3 is 2.67 bits per heavy atom. The number of furan rings is 1. The van der Waals surface area contributed by atoms with E-state index in [1.165, 1.54) is 6.26 Å². The summed E-state index contributed by atoms with van der Waals surface area (Å²) in [6.07, 6.45) is 3.12. The van der Waals surface area contributed by atoms with Crippen LogP contribution in [0.5, 0.6) is 0 Å². The summed E-state index contributed by atoms with van der Waals surface area (Å²) in [6.45, 7) is 4.02. The molecule has 0 aliphatic carbocycles. The summed E-state index contributed by atoms with van der Waals surface area (Å²) in [4.78, 5) is 24.7. The van der Waals surface area contributed by atoms with E-state index in [1.807, 2.05) is 17.9 Å². The zero-order chi connectivity index (χ0) is 18.8. The van der Waals surface area contributed by atoms with Gasteiger partial charge in [-0.1, -0.05) is 0 Å². The number of hydrogen-bond acceptors (Lipinski definition) is 7. The minimum atomic E-state index is -0.0449. The first-order valence-electron chi connectivity index (χ1n) is 8.57. The van der Waals surface area contributed by atoms with E-state index in [4.69, 9.17) is 8.83 Å². The number of carbonyl (C=O) groups is 1. The van der Waals surface area contributed by atoms with E-state index in [0.717, 1.165) is 5.69 Å². The van der Waals surface area contributed by atoms with Gasteiger partial charge < -0.3 is 18.6 Å². The number of rotatable bonds is 3. The van der Waals surface area contributed by atoms with E-state index in [2.05, 4.69) is 16.0 Å². The van der Waals surface area contributed by atoms with Gasteiger partial charge >= 0.3 is 0 Å². The molecule has 0 bridgehead atoms. The van der Waals surface area contributed by atoms with Crippen LogP contribution in [0.15, 0.2) is 45.6 Å². The van der Waals surface area contributed by atoms with Crippen LogP contribution >= 0.6 is 0 Å². The second-order valence-corrected chi connectivity index (χ2v) is 6.23. The molecule has 0 spiro atoms. The second-order valence-electron chi connectivity index (χ2n) is 6.23. The van der Waals surface area contributed by atoms with Gasteiger partial charge in [0.25, 0.3) is 11.8 Å². The molecule has 0 aromatic carbocycles. The van der Waals surface area contributed by atoms with Gasteiger partial charge in [-0.3, -0.25) is 9.78 Å². The Kier molecular flexibility index (Phi) is 4.34. The predicted octanol–water partition coefficient (Wildman–Crippen LogP) is 2.47. The Morgan fingerprint density at radius 2 is 2.04 bits per heavy atom. The number of aromatic nitrogens is 2. The van der Waals surface area contributed by atoms with Gasteiger partial charge in [-0.25, -0.2) is 0 Å². The molecule has 4 heterocycles. The van der Waals surface area contributed by atoms with Crippen LogP contribution in [0.25, 0.3) is 11.7 Å². The van der Waals surface area contributed by atoms with Crippen molar-refractivity contribution in [2.24, 2.45) is 0 Å². The first-order valence-corrected chi connectivity index (χ1v) is 8.57. The Labute approximate surface area is 155 Å². The minimum Gasteiger partial charge on any atom is -0.459 e. The number of piperazine rings is 1. The van der Waals surface area contributed by atoms with Crippen LogP contribution in [-0.4, -0.2) is 47.0 Å². The van der Waals surface area contributed by atoms with Crippen LogP contribution in [0.1, 0.15) is 21.7 Å². The number of pyridine rings is 1. The monoisotopic (exact) mass is 363 g/mol. The predicted molar refractivity (Wildman–Crippen MR) is 96.0 cm³/mol. The standard InChI is InChI=1S/C19H17N5O3/c1-13-4-5-14(12-21-13)18(25)23-6-8-24(9-7-23)19-15(11-20)22-17(27-19)16-3-2-10-26-16/h2-5,10,12H,6-9H2,1H3. The number of anilines is 1. The third kappa shape index (κ3) is 3.27. The van der Waals surface area contributed by atoms with Crippen LogP contribution in [-0.2, 0) is 0 Å². The van der Waals surface area contributed by atoms with Gasteiger partial charge in [-0.15, -0.1) is 0 Å². The van der Waals surface area contributed by atoms with Gasteiger partial charge in [0.15, 0.2) is 5.76 Å². The fourth-order valence-electron chi connectivity index (χ4n) is 2.99. The lowest BCUT2D eigenvalue weighted by Gasteiger charge is -2.34.